The second-order valence-corrected chi connectivity index (χ2v) is 6.15. The monoisotopic (exact) mass is 253 g/mol. The summed E-state index contributed by atoms with van der Waals surface area (Å²) in [7, 11) is 0. The molecular formula is C14H23NOS. The summed E-state index contributed by atoms with van der Waals surface area (Å²) in [6.45, 7) is 7.34. The Hall–Kier alpha value is -0.510. The maximum Gasteiger partial charge on any atom is 0.0715 e. The Labute approximate surface area is 109 Å². The lowest BCUT2D eigenvalue weighted by molar-refractivity contribution is 0.0801. The maximum absolute atomic E-state index is 9.55. The smallest absolute Gasteiger partial charge is 0.0715 e. The minimum absolute atomic E-state index is 0.623. The minimum Gasteiger partial charge on any atom is -0.389 e. The lowest BCUT2D eigenvalue weighted by Crippen LogP contribution is -2.35. The summed E-state index contributed by atoms with van der Waals surface area (Å²) < 4.78 is 0. The van der Waals surface area contributed by atoms with E-state index in [2.05, 4.69) is 36.5 Å². The zero-order chi connectivity index (χ0) is 12.7. The molecule has 0 aliphatic rings. The molecule has 0 unspecified atom stereocenters. The number of rotatable bonds is 7. The molecule has 3 heteroatoms. The van der Waals surface area contributed by atoms with E-state index in [1.807, 2.05) is 25.6 Å². The van der Waals surface area contributed by atoms with Crippen molar-refractivity contribution in [2.45, 2.75) is 37.7 Å². The molecule has 0 spiro atoms. The fraction of sp³-hybridized carbons (Fsp3) is 0.571. The minimum atomic E-state index is -0.623. The Balaban J connectivity index is 2.27. The van der Waals surface area contributed by atoms with E-state index in [4.69, 9.17) is 0 Å². The molecule has 0 amide bonds. The lowest BCUT2D eigenvalue weighted by Gasteiger charge is -2.17. The normalized spacial score (nSPS) is 11.8. The molecule has 96 valence electrons. The number of thioether (sulfide) groups is 1. The summed E-state index contributed by atoms with van der Waals surface area (Å²) in [4.78, 5) is 1.33. The quantitative estimate of drug-likeness (QED) is 0.579. The van der Waals surface area contributed by atoms with Gasteiger partial charge in [0.25, 0.3) is 0 Å². The van der Waals surface area contributed by atoms with E-state index in [1.54, 1.807) is 0 Å². The fourth-order valence-corrected chi connectivity index (χ4v) is 2.21. The molecule has 0 heterocycles. The highest BCUT2D eigenvalue weighted by Crippen LogP contribution is 2.17. The van der Waals surface area contributed by atoms with E-state index >= 15 is 0 Å². The van der Waals surface area contributed by atoms with Gasteiger partial charge in [0.1, 0.15) is 0 Å². The predicted octanol–water partition coefficient (Wildman–Crippen LogP) is 2.70. The van der Waals surface area contributed by atoms with Gasteiger partial charge >= 0.3 is 0 Å². The Morgan fingerprint density at radius 2 is 1.88 bits per heavy atom. The van der Waals surface area contributed by atoms with Crippen molar-refractivity contribution in [2.75, 3.05) is 18.8 Å². The van der Waals surface area contributed by atoms with Crippen LogP contribution in [0.4, 0.5) is 0 Å². The maximum atomic E-state index is 9.55. The second-order valence-electron chi connectivity index (χ2n) is 4.82. The summed E-state index contributed by atoms with van der Waals surface area (Å²) in [5.74, 6) is 1.12. The van der Waals surface area contributed by atoms with Crippen LogP contribution in [0.3, 0.4) is 0 Å². The zero-order valence-electron chi connectivity index (χ0n) is 11.0. The van der Waals surface area contributed by atoms with Gasteiger partial charge in [0.15, 0.2) is 0 Å². The molecule has 0 saturated carbocycles. The van der Waals surface area contributed by atoms with Gasteiger partial charge in [-0.2, -0.15) is 0 Å². The first kappa shape index (κ1) is 14.6. The molecular weight excluding hydrogens is 230 g/mol. The molecule has 0 bridgehead atoms. The van der Waals surface area contributed by atoms with E-state index < -0.39 is 5.60 Å². The number of benzene rings is 1. The third-order valence-corrected chi connectivity index (χ3v) is 3.28. The van der Waals surface area contributed by atoms with Gasteiger partial charge in [-0.25, -0.2) is 0 Å². The van der Waals surface area contributed by atoms with Crippen LogP contribution in [-0.4, -0.2) is 29.5 Å². The van der Waals surface area contributed by atoms with Gasteiger partial charge in [-0.1, -0.05) is 19.1 Å². The van der Waals surface area contributed by atoms with Crippen molar-refractivity contribution in [3.05, 3.63) is 29.8 Å². The van der Waals surface area contributed by atoms with Crippen LogP contribution in [0.2, 0.25) is 0 Å². The number of hydrogen-bond donors (Lipinski definition) is 2. The zero-order valence-corrected chi connectivity index (χ0v) is 11.8. The van der Waals surface area contributed by atoms with E-state index in [0.717, 1.165) is 18.7 Å². The summed E-state index contributed by atoms with van der Waals surface area (Å²) >= 11 is 1.87. The Bertz CT molecular complexity index is 316. The summed E-state index contributed by atoms with van der Waals surface area (Å²) in [5.41, 5.74) is 0.718. The largest absolute Gasteiger partial charge is 0.389 e. The SMILES string of the molecule is CCSc1ccc(CCNCC(C)(C)O)cc1. The number of nitrogens with one attached hydrogen (secondary N) is 1. The highest BCUT2D eigenvalue weighted by atomic mass is 32.2. The van der Waals surface area contributed by atoms with Gasteiger partial charge < -0.3 is 10.4 Å². The van der Waals surface area contributed by atoms with E-state index in [-0.39, 0.29) is 0 Å². The van der Waals surface area contributed by atoms with Crippen molar-refractivity contribution in [2.24, 2.45) is 0 Å². The molecule has 0 aromatic heterocycles. The molecule has 1 aromatic carbocycles. The fourth-order valence-electron chi connectivity index (χ4n) is 1.55. The van der Waals surface area contributed by atoms with Crippen molar-refractivity contribution in [3.63, 3.8) is 0 Å². The van der Waals surface area contributed by atoms with Crippen LogP contribution in [0.1, 0.15) is 26.3 Å². The van der Waals surface area contributed by atoms with Crippen molar-refractivity contribution in [1.82, 2.24) is 5.32 Å². The third-order valence-electron chi connectivity index (χ3n) is 2.38. The van der Waals surface area contributed by atoms with Gasteiger partial charge in [0.2, 0.25) is 0 Å². The molecule has 0 fully saturated rings. The molecule has 17 heavy (non-hydrogen) atoms. The molecule has 0 aliphatic heterocycles. The Morgan fingerprint density at radius 1 is 1.24 bits per heavy atom. The van der Waals surface area contributed by atoms with Crippen molar-refractivity contribution in [1.29, 1.82) is 0 Å². The molecule has 0 atom stereocenters. The number of hydrogen-bond acceptors (Lipinski definition) is 3. The van der Waals surface area contributed by atoms with Crippen molar-refractivity contribution < 1.29 is 5.11 Å². The van der Waals surface area contributed by atoms with Gasteiger partial charge in [-0.15, -0.1) is 11.8 Å². The molecule has 1 rings (SSSR count). The first-order valence-corrected chi connectivity index (χ1v) is 7.14. The average Bonchev–Trinajstić information content (AvgIpc) is 2.26. The van der Waals surface area contributed by atoms with Crippen LogP contribution in [0.5, 0.6) is 0 Å². The second kappa shape index (κ2) is 7.04. The van der Waals surface area contributed by atoms with Gasteiger partial charge in [0.05, 0.1) is 5.60 Å². The molecule has 0 aliphatic carbocycles. The average molecular weight is 253 g/mol. The van der Waals surface area contributed by atoms with Crippen LogP contribution in [-0.2, 0) is 6.42 Å². The van der Waals surface area contributed by atoms with E-state index in [1.165, 1.54) is 10.5 Å². The predicted molar refractivity (Wildman–Crippen MR) is 75.7 cm³/mol. The van der Waals surface area contributed by atoms with Crippen LogP contribution in [0.15, 0.2) is 29.2 Å². The van der Waals surface area contributed by atoms with Crippen molar-refractivity contribution >= 4 is 11.8 Å². The number of aliphatic hydroxyl groups is 1. The van der Waals surface area contributed by atoms with Crippen LogP contribution >= 0.6 is 11.8 Å². The first-order chi connectivity index (χ1) is 8.01. The van der Waals surface area contributed by atoms with Crippen LogP contribution in [0.25, 0.3) is 0 Å². The van der Waals surface area contributed by atoms with Crippen LogP contribution < -0.4 is 5.32 Å². The highest BCUT2D eigenvalue weighted by molar-refractivity contribution is 7.99. The van der Waals surface area contributed by atoms with E-state index in [0.29, 0.717) is 6.54 Å². The standard InChI is InChI=1S/C14H23NOS/c1-4-17-13-7-5-12(6-8-13)9-10-15-11-14(2,3)16/h5-8,15-16H,4,9-11H2,1-3H3. The molecule has 1 aromatic rings. The summed E-state index contributed by atoms with van der Waals surface area (Å²) in [6.07, 6.45) is 1.01. The van der Waals surface area contributed by atoms with Gasteiger partial charge in [-0.05, 0) is 50.3 Å². The molecule has 0 saturated heterocycles. The summed E-state index contributed by atoms with van der Waals surface area (Å²) in [6, 6.07) is 8.73. The van der Waals surface area contributed by atoms with Crippen molar-refractivity contribution in [3.8, 4) is 0 Å². The van der Waals surface area contributed by atoms with Gasteiger partial charge in [-0.3, -0.25) is 0 Å². The summed E-state index contributed by atoms with van der Waals surface area (Å²) in [5, 5.41) is 12.8. The Kier molecular flexibility index (Phi) is 6.03. The third kappa shape index (κ3) is 6.71. The van der Waals surface area contributed by atoms with E-state index in [9.17, 15) is 5.11 Å². The highest BCUT2D eigenvalue weighted by Gasteiger charge is 2.10. The Morgan fingerprint density at radius 3 is 2.41 bits per heavy atom. The topological polar surface area (TPSA) is 32.3 Å². The lowest BCUT2D eigenvalue weighted by atomic mass is 10.1. The molecule has 2 nitrogen and oxygen atoms in total. The molecule has 0 radical (unpaired) electrons. The first-order valence-electron chi connectivity index (χ1n) is 6.16. The molecule has 2 N–H and O–H groups in total. The van der Waals surface area contributed by atoms with Gasteiger partial charge in [0, 0.05) is 11.4 Å². The van der Waals surface area contributed by atoms with Crippen LogP contribution in [0, 0.1) is 0 Å².